The normalized spacial score (nSPS) is 18.5. The first-order valence-corrected chi connectivity index (χ1v) is 13.1. The van der Waals surface area contributed by atoms with E-state index < -0.39 is 20.5 Å². The van der Waals surface area contributed by atoms with E-state index in [1.807, 2.05) is 36.4 Å². The fourth-order valence-corrected chi connectivity index (χ4v) is 9.24. The summed E-state index contributed by atoms with van der Waals surface area (Å²) in [5.74, 6) is 0.768. The summed E-state index contributed by atoms with van der Waals surface area (Å²) in [4.78, 5) is 12.2. The van der Waals surface area contributed by atoms with Gasteiger partial charge in [0.2, 0.25) is 0 Å². The summed E-state index contributed by atoms with van der Waals surface area (Å²) in [6.45, 7) is 7.00. The molecule has 1 aliphatic rings. The highest BCUT2D eigenvalue weighted by Gasteiger charge is 2.51. The Morgan fingerprint density at radius 1 is 0.879 bits per heavy atom. The molecule has 172 valence electrons. The molecular formula is C27H31NO4Si. The highest BCUT2D eigenvalue weighted by Crippen LogP contribution is 2.38. The van der Waals surface area contributed by atoms with Crippen LogP contribution in [0.5, 0.6) is 5.75 Å². The summed E-state index contributed by atoms with van der Waals surface area (Å²) >= 11 is 0. The molecule has 0 saturated carbocycles. The number of hydrogen-bond donors (Lipinski definition) is 1. The second kappa shape index (κ2) is 9.41. The molecule has 1 aliphatic heterocycles. The van der Waals surface area contributed by atoms with Crippen molar-refractivity contribution in [1.82, 2.24) is 5.32 Å². The third-order valence-electron chi connectivity index (χ3n) is 6.26. The van der Waals surface area contributed by atoms with Crippen molar-refractivity contribution >= 4 is 24.8 Å². The Morgan fingerprint density at radius 3 is 1.91 bits per heavy atom. The molecule has 0 aliphatic carbocycles. The van der Waals surface area contributed by atoms with Gasteiger partial charge in [0, 0.05) is 0 Å². The minimum Gasteiger partial charge on any atom is -0.497 e. The van der Waals surface area contributed by atoms with Gasteiger partial charge >= 0.3 is 6.09 Å². The molecule has 0 aromatic heterocycles. The molecule has 0 spiro atoms. The lowest BCUT2D eigenvalue weighted by Gasteiger charge is -2.43. The maximum Gasteiger partial charge on any atom is 0.408 e. The van der Waals surface area contributed by atoms with Gasteiger partial charge in [-0.3, -0.25) is 0 Å². The lowest BCUT2D eigenvalue weighted by atomic mass is 10.0. The molecule has 33 heavy (non-hydrogen) atoms. The summed E-state index contributed by atoms with van der Waals surface area (Å²) in [5, 5.41) is 5.19. The average Bonchev–Trinajstić information content (AvgIpc) is 3.20. The van der Waals surface area contributed by atoms with Gasteiger partial charge in [0.25, 0.3) is 8.32 Å². The third-order valence-corrected chi connectivity index (χ3v) is 11.3. The third kappa shape index (κ3) is 4.54. The summed E-state index contributed by atoms with van der Waals surface area (Å²) in [6.07, 6.45) is -0.862. The number of alkyl carbamates (subject to hydrolysis) is 1. The molecule has 1 amide bonds. The van der Waals surface area contributed by atoms with Gasteiger partial charge in [-0.05, 0) is 33.1 Å². The molecule has 3 aromatic carbocycles. The lowest BCUT2D eigenvalue weighted by molar-refractivity contribution is 0.0883. The molecule has 1 heterocycles. The van der Waals surface area contributed by atoms with E-state index >= 15 is 0 Å². The van der Waals surface area contributed by atoms with Crippen molar-refractivity contribution in [2.75, 3.05) is 13.7 Å². The second-order valence-corrected chi connectivity index (χ2v) is 13.6. The lowest BCUT2D eigenvalue weighted by Crippen LogP contribution is -2.67. The number of cyclic esters (lactones) is 1. The molecule has 0 bridgehead atoms. The van der Waals surface area contributed by atoms with Crippen LogP contribution in [0.2, 0.25) is 5.04 Å². The first kappa shape index (κ1) is 23.1. The minimum atomic E-state index is -2.72. The Kier molecular flexibility index (Phi) is 6.58. The van der Waals surface area contributed by atoms with Gasteiger partial charge in [-0.15, -0.1) is 0 Å². The van der Waals surface area contributed by atoms with Crippen molar-refractivity contribution in [2.24, 2.45) is 0 Å². The zero-order valence-electron chi connectivity index (χ0n) is 19.6. The van der Waals surface area contributed by atoms with Gasteiger partial charge in [-0.1, -0.05) is 93.6 Å². The van der Waals surface area contributed by atoms with Gasteiger partial charge in [0.1, 0.15) is 5.75 Å². The van der Waals surface area contributed by atoms with Gasteiger partial charge < -0.3 is 19.2 Å². The van der Waals surface area contributed by atoms with E-state index in [1.165, 1.54) is 10.4 Å². The summed E-state index contributed by atoms with van der Waals surface area (Å²) in [7, 11) is -1.09. The van der Waals surface area contributed by atoms with E-state index in [0.29, 0.717) is 6.61 Å². The van der Waals surface area contributed by atoms with E-state index in [1.54, 1.807) is 7.11 Å². The van der Waals surface area contributed by atoms with Crippen LogP contribution in [0, 0.1) is 0 Å². The van der Waals surface area contributed by atoms with Crippen molar-refractivity contribution in [3.63, 3.8) is 0 Å². The maximum absolute atomic E-state index is 12.2. The number of rotatable bonds is 7. The molecule has 0 radical (unpaired) electrons. The first-order chi connectivity index (χ1) is 15.8. The van der Waals surface area contributed by atoms with Crippen LogP contribution < -0.4 is 20.4 Å². The monoisotopic (exact) mass is 461 g/mol. The van der Waals surface area contributed by atoms with Crippen LogP contribution in [0.15, 0.2) is 84.9 Å². The number of carbonyl (C=O) groups is 1. The van der Waals surface area contributed by atoms with E-state index in [2.05, 4.69) is 74.6 Å². The number of nitrogens with one attached hydrogen (secondary N) is 1. The molecule has 1 fully saturated rings. The number of benzene rings is 3. The number of amides is 1. The number of methoxy groups -OCH3 is 1. The van der Waals surface area contributed by atoms with Crippen molar-refractivity contribution in [2.45, 2.75) is 38.0 Å². The summed E-state index contributed by atoms with van der Waals surface area (Å²) in [5.41, 5.74) is 0.956. The molecule has 1 saturated heterocycles. The molecule has 2 atom stereocenters. The van der Waals surface area contributed by atoms with Gasteiger partial charge in [-0.25, -0.2) is 4.79 Å². The minimum absolute atomic E-state index is 0.151. The highest BCUT2D eigenvalue weighted by molar-refractivity contribution is 6.99. The van der Waals surface area contributed by atoms with Crippen LogP contribution in [0.4, 0.5) is 4.79 Å². The first-order valence-electron chi connectivity index (χ1n) is 11.2. The largest absolute Gasteiger partial charge is 0.497 e. The molecular weight excluding hydrogens is 430 g/mol. The predicted octanol–water partition coefficient (Wildman–Crippen LogP) is 4.42. The van der Waals surface area contributed by atoms with Crippen LogP contribution >= 0.6 is 0 Å². The zero-order chi connectivity index (χ0) is 23.5. The fourth-order valence-electron chi connectivity index (χ4n) is 4.67. The van der Waals surface area contributed by atoms with Gasteiger partial charge in [0.15, 0.2) is 6.10 Å². The molecule has 4 rings (SSSR count). The molecule has 1 N–H and O–H groups in total. The SMILES string of the molecule is COc1ccc([C@@H]2NC(=O)O[C@H]2CO[Si](c2ccccc2)(c2ccccc2)C(C)(C)C)cc1. The standard InChI is InChI=1S/C27H31NO4Si/c1-27(2,3)33(22-11-7-5-8-12-22,23-13-9-6-10-14-23)31-19-24-25(28-26(29)32-24)20-15-17-21(30-4)18-16-20/h5-18,24-25H,19H2,1-4H3,(H,28,29)/t24-,25-/m0/s1. The highest BCUT2D eigenvalue weighted by atomic mass is 28.4. The average molecular weight is 462 g/mol. The van der Waals surface area contributed by atoms with Gasteiger partial charge in [-0.2, -0.15) is 0 Å². The van der Waals surface area contributed by atoms with E-state index in [4.69, 9.17) is 13.9 Å². The van der Waals surface area contributed by atoms with Crippen molar-refractivity contribution in [1.29, 1.82) is 0 Å². The van der Waals surface area contributed by atoms with E-state index in [0.717, 1.165) is 11.3 Å². The predicted molar refractivity (Wildman–Crippen MR) is 133 cm³/mol. The van der Waals surface area contributed by atoms with Crippen LogP contribution in [-0.2, 0) is 9.16 Å². The Morgan fingerprint density at radius 2 is 1.42 bits per heavy atom. The van der Waals surface area contributed by atoms with Crippen LogP contribution in [0.1, 0.15) is 32.4 Å². The number of carbonyl (C=O) groups excluding carboxylic acids is 1. The molecule has 5 nitrogen and oxygen atoms in total. The zero-order valence-corrected chi connectivity index (χ0v) is 20.6. The Bertz CT molecular complexity index is 1030. The topological polar surface area (TPSA) is 56.8 Å². The van der Waals surface area contributed by atoms with Crippen molar-refractivity contribution in [3.05, 3.63) is 90.5 Å². The number of hydrogen-bond acceptors (Lipinski definition) is 4. The molecule has 6 heteroatoms. The number of ether oxygens (including phenoxy) is 2. The Hall–Kier alpha value is -3.09. The van der Waals surface area contributed by atoms with Crippen LogP contribution in [0.3, 0.4) is 0 Å². The fraction of sp³-hybridized carbons (Fsp3) is 0.296. The smallest absolute Gasteiger partial charge is 0.408 e. The quantitative estimate of drug-likeness (QED) is 0.529. The van der Waals surface area contributed by atoms with Crippen LogP contribution in [-0.4, -0.2) is 34.2 Å². The second-order valence-electron chi connectivity index (χ2n) is 9.31. The summed E-state index contributed by atoms with van der Waals surface area (Å²) in [6, 6.07) is 28.3. The Labute approximate surface area is 196 Å². The Balaban J connectivity index is 1.70. The van der Waals surface area contributed by atoms with Crippen molar-refractivity contribution in [3.8, 4) is 5.75 Å². The van der Waals surface area contributed by atoms with E-state index in [9.17, 15) is 4.79 Å². The molecule has 0 unspecified atom stereocenters. The van der Waals surface area contributed by atoms with Crippen molar-refractivity contribution < 1.29 is 18.7 Å². The van der Waals surface area contributed by atoms with E-state index in [-0.39, 0.29) is 11.1 Å². The van der Waals surface area contributed by atoms with Gasteiger partial charge in [0.05, 0.1) is 19.8 Å². The maximum atomic E-state index is 12.2. The van der Waals surface area contributed by atoms with Crippen LogP contribution in [0.25, 0.3) is 0 Å². The summed E-state index contributed by atoms with van der Waals surface area (Å²) < 4.78 is 17.9. The molecule has 3 aromatic rings.